The van der Waals surface area contributed by atoms with Crippen LogP contribution in [0.4, 0.5) is 5.82 Å². The van der Waals surface area contributed by atoms with Gasteiger partial charge in [0.2, 0.25) is 5.88 Å². The van der Waals surface area contributed by atoms with Crippen LogP contribution in [-0.4, -0.2) is 28.7 Å². The zero-order valence-corrected chi connectivity index (χ0v) is 10.3. The maximum Gasteiger partial charge on any atom is 0.218 e. The molecule has 0 aromatic carbocycles. The molecule has 17 heavy (non-hydrogen) atoms. The molecule has 0 bridgehead atoms. The minimum atomic E-state index is 0.0117. The van der Waals surface area contributed by atoms with E-state index >= 15 is 0 Å². The molecular weight excluding hydrogens is 216 g/mol. The van der Waals surface area contributed by atoms with E-state index in [0.717, 1.165) is 18.7 Å². The van der Waals surface area contributed by atoms with Crippen LogP contribution in [0, 0.1) is 0 Å². The van der Waals surface area contributed by atoms with Crippen molar-refractivity contribution in [3.63, 3.8) is 0 Å². The molecule has 0 amide bonds. The first-order valence-corrected chi connectivity index (χ1v) is 6.21. The molecule has 2 rings (SSSR count). The third-order valence-electron chi connectivity index (χ3n) is 3.28. The van der Waals surface area contributed by atoms with Gasteiger partial charge < -0.3 is 15.8 Å². The second-order valence-corrected chi connectivity index (χ2v) is 4.49. The Labute approximate surface area is 102 Å². The van der Waals surface area contributed by atoms with E-state index < -0.39 is 0 Å². The van der Waals surface area contributed by atoms with E-state index in [2.05, 4.69) is 15.3 Å². The average Bonchev–Trinajstić information content (AvgIpc) is 2.79. The van der Waals surface area contributed by atoms with Gasteiger partial charge in [0, 0.05) is 12.6 Å². The van der Waals surface area contributed by atoms with Crippen molar-refractivity contribution in [1.82, 2.24) is 9.97 Å². The van der Waals surface area contributed by atoms with Crippen LogP contribution in [0.1, 0.15) is 32.6 Å². The number of aromatic nitrogens is 2. The molecule has 0 unspecified atom stereocenters. The highest BCUT2D eigenvalue weighted by atomic mass is 16.5. The second-order valence-electron chi connectivity index (χ2n) is 4.49. The summed E-state index contributed by atoms with van der Waals surface area (Å²) in [7, 11) is 0. The standard InChI is InChI=1S/C12H20N4O/c1-2-17-11-7-10(14-9-15-11)16-12(8-13)5-3-4-6-12/h7,9H,2-6,8,13H2,1H3,(H,14,15,16). The molecule has 1 fully saturated rings. The molecule has 0 aliphatic heterocycles. The van der Waals surface area contributed by atoms with Crippen LogP contribution in [0.3, 0.4) is 0 Å². The molecule has 1 aromatic heterocycles. The highest BCUT2D eigenvalue weighted by molar-refractivity contribution is 5.40. The van der Waals surface area contributed by atoms with Gasteiger partial charge in [-0.1, -0.05) is 12.8 Å². The van der Waals surface area contributed by atoms with Crippen molar-refractivity contribution >= 4 is 5.82 Å². The maximum absolute atomic E-state index is 5.88. The number of hydrogen-bond acceptors (Lipinski definition) is 5. The molecule has 1 aliphatic carbocycles. The molecule has 94 valence electrons. The van der Waals surface area contributed by atoms with Crippen LogP contribution in [0.2, 0.25) is 0 Å². The van der Waals surface area contributed by atoms with Crippen LogP contribution in [0.15, 0.2) is 12.4 Å². The van der Waals surface area contributed by atoms with E-state index in [0.29, 0.717) is 19.0 Å². The van der Waals surface area contributed by atoms with Gasteiger partial charge in [-0.25, -0.2) is 9.97 Å². The molecule has 1 aromatic rings. The van der Waals surface area contributed by atoms with Gasteiger partial charge in [-0.15, -0.1) is 0 Å². The fourth-order valence-electron chi connectivity index (χ4n) is 2.34. The zero-order chi connectivity index (χ0) is 12.1. The van der Waals surface area contributed by atoms with E-state index in [4.69, 9.17) is 10.5 Å². The first-order chi connectivity index (χ1) is 8.28. The van der Waals surface area contributed by atoms with Crippen LogP contribution in [0.25, 0.3) is 0 Å². The van der Waals surface area contributed by atoms with Crippen molar-refractivity contribution in [3.05, 3.63) is 12.4 Å². The Morgan fingerprint density at radius 3 is 2.82 bits per heavy atom. The van der Waals surface area contributed by atoms with E-state index in [9.17, 15) is 0 Å². The summed E-state index contributed by atoms with van der Waals surface area (Å²) >= 11 is 0. The smallest absolute Gasteiger partial charge is 0.218 e. The molecule has 0 spiro atoms. The van der Waals surface area contributed by atoms with Crippen molar-refractivity contribution < 1.29 is 4.74 Å². The lowest BCUT2D eigenvalue weighted by atomic mass is 9.98. The maximum atomic E-state index is 5.88. The van der Waals surface area contributed by atoms with Crippen LogP contribution in [-0.2, 0) is 0 Å². The van der Waals surface area contributed by atoms with Crippen molar-refractivity contribution in [2.75, 3.05) is 18.5 Å². The number of ether oxygens (including phenoxy) is 1. The van der Waals surface area contributed by atoms with Crippen LogP contribution in [0.5, 0.6) is 5.88 Å². The van der Waals surface area contributed by atoms with Crippen LogP contribution >= 0.6 is 0 Å². The molecule has 5 nitrogen and oxygen atoms in total. The predicted molar refractivity (Wildman–Crippen MR) is 67.1 cm³/mol. The highest BCUT2D eigenvalue weighted by Crippen LogP contribution is 2.32. The monoisotopic (exact) mass is 236 g/mol. The number of nitrogens with zero attached hydrogens (tertiary/aromatic N) is 2. The molecule has 1 saturated carbocycles. The number of nitrogens with two attached hydrogens (primary N) is 1. The highest BCUT2D eigenvalue weighted by Gasteiger charge is 2.32. The fourth-order valence-corrected chi connectivity index (χ4v) is 2.34. The molecule has 3 N–H and O–H groups in total. The van der Waals surface area contributed by atoms with Crippen LogP contribution < -0.4 is 15.8 Å². The average molecular weight is 236 g/mol. The summed E-state index contributed by atoms with van der Waals surface area (Å²) in [4.78, 5) is 8.27. The summed E-state index contributed by atoms with van der Waals surface area (Å²) in [5.41, 5.74) is 5.89. The van der Waals surface area contributed by atoms with E-state index in [1.807, 2.05) is 13.0 Å². The molecule has 1 aliphatic rings. The third kappa shape index (κ3) is 2.85. The minimum absolute atomic E-state index is 0.0117. The van der Waals surface area contributed by atoms with Crippen molar-refractivity contribution in [3.8, 4) is 5.88 Å². The molecular formula is C12H20N4O. The van der Waals surface area contributed by atoms with E-state index in [1.54, 1.807) is 0 Å². The number of anilines is 1. The van der Waals surface area contributed by atoms with Crippen molar-refractivity contribution in [2.45, 2.75) is 38.1 Å². The lowest BCUT2D eigenvalue weighted by Gasteiger charge is -2.29. The number of hydrogen-bond donors (Lipinski definition) is 2. The topological polar surface area (TPSA) is 73.1 Å². The summed E-state index contributed by atoms with van der Waals surface area (Å²) < 4.78 is 5.36. The number of nitrogens with one attached hydrogen (secondary N) is 1. The van der Waals surface area contributed by atoms with Gasteiger partial charge in [-0.2, -0.15) is 0 Å². The van der Waals surface area contributed by atoms with E-state index in [1.165, 1.54) is 19.2 Å². The van der Waals surface area contributed by atoms with Gasteiger partial charge in [-0.3, -0.25) is 0 Å². The summed E-state index contributed by atoms with van der Waals surface area (Å²) in [6, 6.07) is 1.83. The van der Waals surface area contributed by atoms with Gasteiger partial charge in [0.15, 0.2) is 0 Å². The van der Waals surface area contributed by atoms with Gasteiger partial charge >= 0.3 is 0 Å². The summed E-state index contributed by atoms with van der Waals surface area (Å²) in [6.45, 7) is 3.19. The predicted octanol–water partition coefficient (Wildman–Crippen LogP) is 1.56. The summed E-state index contributed by atoms with van der Waals surface area (Å²) in [6.07, 6.45) is 6.20. The van der Waals surface area contributed by atoms with Gasteiger partial charge in [0.1, 0.15) is 12.1 Å². The van der Waals surface area contributed by atoms with E-state index in [-0.39, 0.29) is 5.54 Å². The zero-order valence-electron chi connectivity index (χ0n) is 10.3. The molecule has 5 heteroatoms. The molecule has 0 radical (unpaired) electrons. The largest absolute Gasteiger partial charge is 0.478 e. The van der Waals surface area contributed by atoms with Gasteiger partial charge in [-0.05, 0) is 19.8 Å². The van der Waals surface area contributed by atoms with Crippen molar-refractivity contribution in [1.29, 1.82) is 0 Å². The quantitative estimate of drug-likeness (QED) is 0.811. The first-order valence-electron chi connectivity index (χ1n) is 6.21. The van der Waals surface area contributed by atoms with Crippen molar-refractivity contribution in [2.24, 2.45) is 5.73 Å². The molecule has 1 heterocycles. The Balaban J connectivity index is 2.09. The SMILES string of the molecule is CCOc1cc(NC2(CN)CCCC2)ncn1. The summed E-state index contributed by atoms with van der Waals surface area (Å²) in [5.74, 6) is 1.41. The molecule has 0 saturated heterocycles. The Bertz CT molecular complexity index is 363. The Morgan fingerprint density at radius 1 is 1.41 bits per heavy atom. The third-order valence-corrected chi connectivity index (χ3v) is 3.28. The second kappa shape index (κ2) is 5.31. The fraction of sp³-hybridized carbons (Fsp3) is 0.667. The normalized spacial score (nSPS) is 18.0. The lowest BCUT2D eigenvalue weighted by Crippen LogP contribution is -2.43. The molecule has 0 atom stereocenters. The van der Waals surface area contributed by atoms with Gasteiger partial charge in [0.05, 0.1) is 12.1 Å². The summed E-state index contributed by atoms with van der Waals surface area (Å²) in [5, 5.41) is 3.45. The first kappa shape index (κ1) is 12.1. The Hall–Kier alpha value is -1.36. The Kier molecular flexibility index (Phi) is 3.78. The Morgan fingerprint density at radius 2 is 2.18 bits per heavy atom. The minimum Gasteiger partial charge on any atom is -0.478 e. The lowest BCUT2D eigenvalue weighted by molar-refractivity contribution is 0.326. The number of rotatable bonds is 5. The van der Waals surface area contributed by atoms with Gasteiger partial charge in [0.25, 0.3) is 0 Å².